The molecule has 14 nitrogen and oxygen atoms in total. The van der Waals surface area contributed by atoms with Crippen molar-refractivity contribution in [3.05, 3.63) is 12.7 Å². The minimum atomic E-state index is -3.03. The lowest BCUT2D eigenvalue weighted by Gasteiger charge is -2.37. The van der Waals surface area contributed by atoms with Crippen molar-refractivity contribution in [3.63, 3.8) is 0 Å². The molecule has 1 aliphatic heterocycles. The van der Waals surface area contributed by atoms with Crippen molar-refractivity contribution in [1.82, 2.24) is 24.2 Å². The third-order valence-corrected chi connectivity index (χ3v) is 9.30. The van der Waals surface area contributed by atoms with Crippen LogP contribution in [0.4, 0.5) is 0 Å². The number of hydrogen-bond acceptors (Lipinski definition) is 13. The summed E-state index contributed by atoms with van der Waals surface area (Å²) in [6.07, 6.45) is -1.48. The van der Waals surface area contributed by atoms with Crippen molar-refractivity contribution in [2.24, 2.45) is 0 Å². The normalized spacial score (nSPS) is 22.7. The van der Waals surface area contributed by atoms with Gasteiger partial charge in [-0.05, 0) is 39.5 Å². The van der Waals surface area contributed by atoms with E-state index in [1.54, 1.807) is 0 Å². The standard InChI is InChI=1S/C23H34N5O9PS/c1-12(2)28(13(3)4)38(39,32-8)37-22-18-21(24-10-25-22)27(11-26-18)23-20(35-16(7)31)19(34-15(6)30)17(36-23)9-33-14(5)29/h10-13,17,19-20,23H,9H2,1-8H3/t17-,19-,20-,23-,38?/m1/s1. The molecule has 3 rings (SSSR count). The highest BCUT2D eigenvalue weighted by molar-refractivity contribution is 8.08. The van der Waals surface area contributed by atoms with Crippen LogP contribution >= 0.6 is 6.64 Å². The van der Waals surface area contributed by atoms with E-state index in [2.05, 4.69) is 15.0 Å². The third-order valence-electron chi connectivity index (χ3n) is 5.71. The van der Waals surface area contributed by atoms with Crippen LogP contribution in [-0.4, -0.2) is 86.2 Å². The summed E-state index contributed by atoms with van der Waals surface area (Å²) in [6, 6.07) is 0.0452. The van der Waals surface area contributed by atoms with Crippen LogP contribution in [0.1, 0.15) is 54.7 Å². The molecule has 0 spiro atoms. The van der Waals surface area contributed by atoms with Crippen molar-refractivity contribution in [2.45, 2.75) is 85.1 Å². The first-order valence-corrected chi connectivity index (χ1v) is 14.8. The van der Waals surface area contributed by atoms with E-state index in [1.807, 2.05) is 32.4 Å². The quantitative estimate of drug-likeness (QED) is 0.215. The predicted octanol–water partition coefficient (Wildman–Crippen LogP) is 2.52. The smallest absolute Gasteiger partial charge is 0.317 e. The highest BCUT2D eigenvalue weighted by Gasteiger charge is 2.51. The molecule has 2 aromatic rings. The average Bonchev–Trinajstić information content (AvgIpc) is 3.39. The molecule has 1 saturated heterocycles. The summed E-state index contributed by atoms with van der Waals surface area (Å²) in [5.74, 6) is -1.72. The lowest BCUT2D eigenvalue weighted by atomic mass is 10.1. The number of rotatable bonds is 11. The monoisotopic (exact) mass is 587 g/mol. The van der Waals surface area contributed by atoms with Gasteiger partial charge in [0.05, 0.1) is 6.33 Å². The second-order valence-corrected chi connectivity index (χ2v) is 12.7. The maximum absolute atomic E-state index is 12.0. The second-order valence-electron chi connectivity index (χ2n) is 9.33. The van der Waals surface area contributed by atoms with E-state index in [0.717, 1.165) is 0 Å². The van der Waals surface area contributed by atoms with Crippen molar-refractivity contribution in [3.8, 4) is 5.88 Å². The summed E-state index contributed by atoms with van der Waals surface area (Å²) in [5, 5.41) is 0. The number of imidazole rings is 1. The van der Waals surface area contributed by atoms with Gasteiger partial charge in [-0.1, -0.05) is 0 Å². The van der Waals surface area contributed by atoms with Gasteiger partial charge in [0, 0.05) is 40.0 Å². The molecule has 0 saturated carbocycles. The number of carbonyl (C=O) groups is 3. The zero-order valence-electron chi connectivity index (χ0n) is 23.1. The topological polar surface area (TPSA) is 153 Å². The van der Waals surface area contributed by atoms with Crippen LogP contribution in [-0.2, 0) is 49.7 Å². The molecular formula is C23H34N5O9PS. The minimum absolute atomic E-state index is 0.0226. The molecule has 39 heavy (non-hydrogen) atoms. The molecule has 0 amide bonds. The third kappa shape index (κ3) is 6.90. The number of aromatic nitrogens is 4. The van der Waals surface area contributed by atoms with Crippen LogP contribution in [0, 0.1) is 0 Å². The maximum Gasteiger partial charge on any atom is 0.317 e. The van der Waals surface area contributed by atoms with E-state index >= 15 is 0 Å². The fourth-order valence-corrected chi connectivity index (χ4v) is 7.63. The number of carbonyl (C=O) groups excluding carboxylic acids is 3. The predicted molar refractivity (Wildman–Crippen MR) is 141 cm³/mol. The fraction of sp³-hybridized carbons (Fsp3) is 0.652. The summed E-state index contributed by atoms with van der Waals surface area (Å²) in [6.45, 7) is 8.36. The zero-order chi connectivity index (χ0) is 29.1. The van der Waals surface area contributed by atoms with Crippen molar-refractivity contribution >= 4 is 47.5 Å². The lowest BCUT2D eigenvalue weighted by molar-refractivity contribution is -0.166. The van der Waals surface area contributed by atoms with Gasteiger partial charge in [0.2, 0.25) is 0 Å². The van der Waals surface area contributed by atoms with Gasteiger partial charge in [-0.25, -0.2) is 14.6 Å². The van der Waals surface area contributed by atoms with Gasteiger partial charge in [0.15, 0.2) is 29.6 Å². The van der Waals surface area contributed by atoms with Crippen LogP contribution < -0.4 is 4.52 Å². The van der Waals surface area contributed by atoms with Gasteiger partial charge in [0.25, 0.3) is 5.88 Å². The molecule has 216 valence electrons. The Kier molecular flexibility index (Phi) is 9.99. The summed E-state index contributed by atoms with van der Waals surface area (Å²) in [5.41, 5.74) is 0.532. The molecule has 0 aliphatic carbocycles. The van der Waals surface area contributed by atoms with Gasteiger partial charge >= 0.3 is 24.6 Å². The Bertz CT molecular complexity index is 1250. The van der Waals surface area contributed by atoms with Gasteiger partial charge in [0.1, 0.15) is 19.0 Å². The van der Waals surface area contributed by atoms with E-state index in [4.69, 9.17) is 39.8 Å². The summed E-state index contributed by atoms with van der Waals surface area (Å²) < 4.78 is 37.6. The Morgan fingerprint density at radius 1 is 1.03 bits per heavy atom. The summed E-state index contributed by atoms with van der Waals surface area (Å²) in [4.78, 5) is 48.3. The Labute approximate surface area is 231 Å². The Balaban J connectivity index is 2.05. The number of hydrogen-bond donors (Lipinski definition) is 0. The SMILES string of the molecule is COP(=S)(Oc1ncnc2c1ncn2[C@@H]1O[C@H](COC(C)=O)[C@@H](OC(C)=O)[C@H]1OC(C)=O)N(C(C)C)C(C)C. The second kappa shape index (κ2) is 12.6. The molecule has 0 bridgehead atoms. The van der Waals surface area contributed by atoms with Crippen molar-refractivity contribution < 1.29 is 42.4 Å². The summed E-state index contributed by atoms with van der Waals surface area (Å²) in [7, 11) is 1.49. The summed E-state index contributed by atoms with van der Waals surface area (Å²) >= 11 is 5.85. The molecular weight excluding hydrogens is 553 g/mol. The Morgan fingerprint density at radius 3 is 2.18 bits per heavy atom. The number of nitrogens with zero attached hydrogens (tertiary/aromatic N) is 5. The number of esters is 3. The molecule has 0 aromatic carbocycles. The molecule has 1 fully saturated rings. The highest BCUT2D eigenvalue weighted by Crippen LogP contribution is 2.54. The van der Waals surface area contributed by atoms with Gasteiger partial charge in [-0.2, -0.15) is 4.98 Å². The van der Waals surface area contributed by atoms with Gasteiger partial charge in [-0.3, -0.25) is 19.0 Å². The first kappa shape index (κ1) is 30.8. The molecule has 3 heterocycles. The average molecular weight is 588 g/mol. The first-order chi connectivity index (χ1) is 18.3. The molecule has 0 N–H and O–H groups in total. The molecule has 1 aliphatic rings. The van der Waals surface area contributed by atoms with Crippen LogP contribution in [0.15, 0.2) is 12.7 Å². The van der Waals surface area contributed by atoms with Crippen molar-refractivity contribution in [1.29, 1.82) is 0 Å². The van der Waals surface area contributed by atoms with E-state index in [0.29, 0.717) is 0 Å². The van der Waals surface area contributed by atoms with E-state index in [9.17, 15) is 14.4 Å². The van der Waals surface area contributed by atoms with E-state index < -0.39 is 49.1 Å². The largest absolute Gasteiger partial charge is 0.463 e. The molecule has 0 radical (unpaired) electrons. The van der Waals surface area contributed by atoms with Crippen LogP contribution in [0.2, 0.25) is 0 Å². The van der Waals surface area contributed by atoms with Crippen LogP contribution in [0.25, 0.3) is 11.2 Å². The number of ether oxygens (including phenoxy) is 4. The molecule has 1 unspecified atom stereocenters. The van der Waals surface area contributed by atoms with Gasteiger partial charge < -0.3 is 28.0 Å². The minimum Gasteiger partial charge on any atom is -0.463 e. The molecule has 2 aromatic heterocycles. The van der Waals surface area contributed by atoms with Crippen LogP contribution in [0.3, 0.4) is 0 Å². The lowest BCUT2D eigenvalue weighted by Crippen LogP contribution is -2.40. The van der Waals surface area contributed by atoms with Gasteiger partial charge in [-0.15, -0.1) is 0 Å². The Morgan fingerprint density at radius 2 is 1.64 bits per heavy atom. The maximum atomic E-state index is 12.0. The highest BCUT2D eigenvalue weighted by atomic mass is 32.5. The molecule has 5 atom stereocenters. The zero-order valence-corrected chi connectivity index (χ0v) is 24.8. The Hall–Kier alpha value is -2.71. The van der Waals surface area contributed by atoms with Crippen LogP contribution in [0.5, 0.6) is 5.88 Å². The fourth-order valence-electron chi connectivity index (χ4n) is 4.45. The van der Waals surface area contributed by atoms with E-state index in [1.165, 1.54) is 45.1 Å². The number of fused-ring (bicyclic) bond motifs is 1. The van der Waals surface area contributed by atoms with Crippen molar-refractivity contribution in [2.75, 3.05) is 13.7 Å². The molecule has 16 heteroatoms. The first-order valence-electron chi connectivity index (χ1n) is 12.2. The van der Waals surface area contributed by atoms with E-state index in [-0.39, 0.29) is 35.7 Å².